The molecule has 0 unspecified atom stereocenters. The maximum Gasteiger partial charge on any atom is 0.251 e. The quantitative estimate of drug-likeness (QED) is 0.721. The maximum atomic E-state index is 12.3. The van der Waals surface area contributed by atoms with E-state index >= 15 is 0 Å². The van der Waals surface area contributed by atoms with Crippen LogP contribution in [0.15, 0.2) is 47.3 Å². The molecule has 0 aliphatic rings. The Morgan fingerprint density at radius 1 is 1.12 bits per heavy atom. The Hall–Kier alpha value is -2.59. The summed E-state index contributed by atoms with van der Waals surface area (Å²) >= 11 is 5.84. The van der Waals surface area contributed by atoms with E-state index in [9.17, 15) is 9.59 Å². The lowest BCUT2D eigenvalue weighted by molar-refractivity contribution is -0.120. The van der Waals surface area contributed by atoms with Crippen molar-refractivity contribution in [1.82, 2.24) is 10.3 Å². The fourth-order valence-electron chi connectivity index (χ4n) is 2.94. The lowest BCUT2D eigenvalue weighted by Crippen LogP contribution is -2.28. The number of fused-ring (bicyclic) bond motifs is 1. The van der Waals surface area contributed by atoms with Crippen LogP contribution in [-0.4, -0.2) is 17.4 Å². The van der Waals surface area contributed by atoms with Crippen molar-refractivity contribution < 1.29 is 4.79 Å². The molecule has 134 valence electrons. The number of nitrogens with one attached hydrogen (secondary N) is 2. The number of amides is 1. The van der Waals surface area contributed by atoms with Crippen LogP contribution in [0, 0.1) is 13.8 Å². The molecule has 0 spiro atoms. The van der Waals surface area contributed by atoms with Gasteiger partial charge in [-0.1, -0.05) is 35.9 Å². The minimum absolute atomic E-state index is 0.0731. The van der Waals surface area contributed by atoms with Gasteiger partial charge in [0.25, 0.3) is 5.56 Å². The van der Waals surface area contributed by atoms with Gasteiger partial charge >= 0.3 is 0 Å². The third kappa shape index (κ3) is 4.14. The molecule has 0 radical (unpaired) electrons. The molecule has 4 nitrogen and oxygen atoms in total. The number of rotatable bonds is 5. The molecule has 0 bridgehead atoms. The largest absolute Gasteiger partial charge is 0.355 e. The van der Waals surface area contributed by atoms with Crippen molar-refractivity contribution in [2.45, 2.75) is 26.7 Å². The van der Waals surface area contributed by atoms with Gasteiger partial charge in [-0.05, 0) is 60.5 Å². The van der Waals surface area contributed by atoms with E-state index in [0.717, 1.165) is 27.6 Å². The van der Waals surface area contributed by atoms with E-state index in [0.29, 0.717) is 30.0 Å². The van der Waals surface area contributed by atoms with Crippen molar-refractivity contribution in [3.8, 4) is 0 Å². The van der Waals surface area contributed by atoms with Gasteiger partial charge in [0.1, 0.15) is 0 Å². The highest BCUT2D eigenvalue weighted by Gasteiger charge is 2.08. The van der Waals surface area contributed by atoms with Crippen molar-refractivity contribution in [3.63, 3.8) is 0 Å². The Labute approximate surface area is 157 Å². The molecule has 2 aromatic carbocycles. The second-order valence-electron chi connectivity index (χ2n) is 6.50. The number of carbonyl (C=O) groups is 1. The first kappa shape index (κ1) is 18.2. The second-order valence-corrected chi connectivity index (χ2v) is 6.94. The van der Waals surface area contributed by atoms with Gasteiger partial charge in [-0.15, -0.1) is 0 Å². The van der Waals surface area contributed by atoms with Gasteiger partial charge in [0.05, 0.1) is 11.9 Å². The summed E-state index contributed by atoms with van der Waals surface area (Å²) < 4.78 is 0. The third-order valence-electron chi connectivity index (χ3n) is 4.62. The number of halogens is 1. The number of H-pyrrole nitrogens is 1. The van der Waals surface area contributed by atoms with E-state index in [1.807, 2.05) is 44.2 Å². The highest BCUT2D eigenvalue weighted by Crippen LogP contribution is 2.19. The highest BCUT2D eigenvalue weighted by molar-refractivity contribution is 6.30. The normalized spacial score (nSPS) is 10.9. The summed E-state index contributed by atoms with van der Waals surface area (Å²) in [5.74, 6) is -0.0731. The Kier molecular flexibility index (Phi) is 5.43. The van der Waals surface area contributed by atoms with Crippen molar-refractivity contribution in [3.05, 3.63) is 80.1 Å². The molecular formula is C21H21ClN2O2. The number of hydrogen-bond acceptors (Lipinski definition) is 2. The van der Waals surface area contributed by atoms with E-state index in [4.69, 9.17) is 11.6 Å². The zero-order chi connectivity index (χ0) is 18.7. The van der Waals surface area contributed by atoms with Crippen LogP contribution in [0.1, 0.15) is 22.3 Å². The summed E-state index contributed by atoms with van der Waals surface area (Å²) in [5.41, 5.74) is 4.59. The van der Waals surface area contributed by atoms with Gasteiger partial charge in [-0.25, -0.2) is 0 Å². The van der Waals surface area contributed by atoms with Gasteiger partial charge < -0.3 is 10.3 Å². The molecule has 0 aliphatic heterocycles. The Balaban J connectivity index is 1.63. The first-order valence-electron chi connectivity index (χ1n) is 8.57. The first-order chi connectivity index (χ1) is 12.4. The standard InChI is InChI=1S/C21H21ClN2O2/c1-13-3-6-16-12-17(21(26)24-20(16)14(13)2)9-10-23-19(25)11-15-4-7-18(22)8-5-15/h3-8,12H,9-11H2,1-2H3,(H,23,25)(H,24,26). The summed E-state index contributed by atoms with van der Waals surface area (Å²) in [6.45, 7) is 4.45. The van der Waals surface area contributed by atoms with E-state index in [-0.39, 0.29) is 11.5 Å². The van der Waals surface area contributed by atoms with E-state index in [1.54, 1.807) is 12.1 Å². The van der Waals surface area contributed by atoms with Gasteiger partial charge in [-0.2, -0.15) is 0 Å². The number of aromatic nitrogens is 1. The van der Waals surface area contributed by atoms with Crippen LogP contribution in [0.3, 0.4) is 0 Å². The summed E-state index contributed by atoms with van der Waals surface area (Å²) in [5, 5.41) is 4.52. The predicted molar refractivity (Wildman–Crippen MR) is 106 cm³/mol. The SMILES string of the molecule is Cc1ccc2cc(CCNC(=O)Cc3ccc(Cl)cc3)c(=O)[nH]c2c1C. The van der Waals surface area contributed by atoms with Gasteiger partial charge in [-0.3, -0.25) is 9.59 Å². The van der Waals surface area contributed by atoms with Crippen LogP contribution < -0.4 is 10.9 Å². The average molecular weight is 369 g/mol. The van der Waals surface area contributed by atoms with Crippen LogP contribution in [0.4, 0.5) is 0 Å². The van der Waals surface area contributed by atoms with Gasteiger partial charge in [0.15, 0.2) is 0 Å². The van der Waals surface area contributed by atoms with Crippen LogP contribution in [0.2, 0.25) is 5.02 Å². The highest BCUT2D eigenvalue weighted by atomic mass is 35.5. The van der Waals surface area contributed by atoms with Crippen LogP contribution in [0.25, 0.3) is 10.9 Å². The molecule has 1 amide bonds. The Morgan fingerprint density at radius 2 is 1.85 bits per heavy atom. The number of aryl methyl sites for hydroxylation is 2. The third-order valence-corrected chi connectivity index (χ3v) is 4.87. The fourth-order valence-corrected chi connectivity index (χ4v) is 3.07. The summed E-state index contributed by atoms with van der Waals surface area (Å²) in [4.78, 5) is 27.3. The Bertz CT molecular complexity index is 1010. The first-order valence-corrected chi connectivity index (χ1v) is 8.95. The lowest BCUT2D eigenvalue weighted by atomic mass is 10.0. The number of pyridine rings is 1. The summed E-state index contributed by atoms with van der Waals surface area (Å²) in [6, 6.07) is 13.2. The lowest BCUT2D eigenvalue weighted by Gasteiger charge is -2.09. The fraction of sp³-hybridized carbons (Fsp3) is 0.238. The summed E-state index contributed by atoms with van der Waals surface area (Å²) in [6.07, 6.45) is 0.786. The van der Waals surface area contributed by atoms with E-state index in [1.165, 1.54) is 0 Å². The molecule has 3 aromatic rings. The van der Waals surface area contributed by atoms with Crippen LogP contribution in [0.5, 0.6) is 0 Å². The van der Waals surface area contributed by atoms with Gasteiger partial charge in [0.2, 0.25) is 5.91 Å². The smallest absolute Gasteiger partial charge is 0.251 e. The van der Waals surface area contributed by atoms with Crippen LogP contribution in [-0.2, 0) is 17.6 Å². The monoisotopic (exact) mass is 368 g/mol. The molecule has 2 N–H and O–H groups in total. The van der Waals surface area contributed by atoms with Crippen molar-refractivity contribution in [2.24, 2.45) is 0 Å². The molecular weight excluding hydrogens is 348 g/mol. The second kappa shape index (κ2) is 7.75. The zero-order valence-electron chi connectivity index (χ0n) is 14.9. The van der Waals surface area contributed by atoms with Crippen molar-refractivity contribution >= 4 is 28.4 Å². The minimum Gasteiger partial charge on any atom is -0.355 e. The predicted octanol–water partition coefficient (Wildman–Crippen LogP) is 3.70. The number of carbonyl (C=O) groups excluding carboxylic acids is 1. The average Bonchev–Trinajstić information content (AvgIpc) is 2.61. The van der Waals surface area contributed by atoms with E-state index < -0.39 is 0 Å². The van der Waals surface area contributed by atoms with Gasteiger partial charge in [0, 0.05) is 17.1 Å². The van der Waals surface area contributed by atoms with Crippen LogP contribution >= 0.6 is 11.6 Å². The number of benzene rings is 2. The Morgan fingerprint density at radius 3 is 2.58 bits per heavy atom. The zero-order valence-corrected chi connectivity index (χ0v) is 15.6. The minimum atomic E-state index is -0.0989. The molecule has 0 saturated carbocycles. The van der Waals surface area contributed by atoms with Crippen molar-refractivity contribution in [1.29, 1.82) is 0 Å². The molecule has 0 atom stereocenters. The molecule has 5 heteroatoms. The molecule has 26 heavy (non-hydrogen) atoms. The topological polar surface area (TPSA) is 62.0 Å². The molecule has 0 fully saturated rings. The number of hydrogen-bond donors (Lipinski definition) is 2. The number of aromatic amines is 1. The van der Waals surface area contributed by atoms with E-state index in [2.05, 4.69) is 10.3 Å². The summed E-state index contributed by atoms with van der Waals surface area (Å²) in [7, 11) is 0. The maximum absolute atomic E-state index is 12.3. The van der Waals surface area contributed by atoms with Crippen molar-refractivity contribution in [2.75, 3.05) is 6.54 Å². The molecule has 0 saturated heterocycles. The molecule has 1 heterocycles. The molecule has 0 aliphatic carbocycles. The molecule has 3 rings (SSSR count). The molecule has 1 aromatic heterocycles.